The van der Waals surface area contributed by atoms with Gasteiger partial charge in [0.25, 0.3) is 5.69 Å². The highest BCUT2D eigenvalue weighted by Gasteiger charge is 2.14. The van der Waals surface area contributed by atoms with E-state index in [2.05, 4.69) is 4.72 Å². The summed E-state index contributed by atoms with van der Waals surface area (Å²) < 4.78 is 31.0. The van der Waals surface area contributed by atoms with Crippen LogP contribution in [0.4, 0.5) is 11.4 Å². The van der Waals surface area contributed by atoms with Gasteiger partial charge in [-0.05, 0) is 31.2 Å². The summed E-state index contributed by atoms with van der Waals surface area (Å²) in [5.41, 5.74) is -0.227. The van der Waals surface area contributed by atoms with Crippen LogP contribution in [0.25, 0.3) is 0 Å². The third kappa shape index (κ3) is 4.83. The van der Waals surface area contributed by atoms with Crippen molar-refractivity contribution in [3.63, 3.8) is 0 Å². The highest BCUT2D eigenvalue weighted by atomic mass is 35.5. The Kier molecular flexibility index (Phi) is 5.07. The number of nitro benzene ring substituents is 1. The number of non-ortho nitro benzene ring substituents is 1. The minimum atomic E-state index is -3.56. The molecule has 7 nitrogen and oxygen atoms in total. The molecule has 0 saturated heterocycles. The Morgan fingerprint density at radius 3 is 2.39 bits per heavy atom. The molecule has 0 aliphatic heterocycles. The lowest BCUT2D eigenvalue weighted by molar-refractivity contribution is -0.384. The van der Waals surface area contributed by atoms with Crippen molar-refractivity contribution in [2.75, 3.05) is 10.5 Å². The number of halogens is 1. The molecule has 0 radical (unpaired) electrons. The number of nitro groups is 1. The van der Waals surface area contributed by atoms with Crippen LogP contribution < -0.4 is 9.46 Å². The molecular formula is C14H13ClN2O5S. The van der Waals surface area contributed by atoms with Crippen molar-refractivity contribution in [2.45, 2.75) is 6.92 Å². The van der Waals surface area contributed by atoms with Gasteiger partial charge >= 0.3 is 0 Å². The monoisotopic (exact) mass is 356 g/mol. The fourth-order valence-corrected chi connectivity index (χ4v) is 2.44. The van der Waals surface area contributed by atoms with E-state index in [0.717, 1.165) is 6.07 Å². The summed E-state index contributed by atoms with van der Waals surface area (Å²) in [7, 11) is -3.56. The average molecular weight is 357 g/mol. The summed E-state index contributed by atoms with van der Waals surface area (Å²) in [5, 5.41) is 11.5. The number of hydrogen-bond acceptors (Lipinski definition) is 5. The Balaban J connectivity index is 2.36. The molecule has 0 unspecified atom stereocenters. The number of benzene rings is 2. The third-order valence-electron chi connectivity index (χ3n) is 2.80. The zero-order valence-electron chi connectivity index (χ0n) is 12.0. The average Bonchev–Trinajstić information content (AvgIpc) is 2.49. The fraction of sp³-hybridized carbons (Fsp3) is 0.143. The van der Waals surface area contributed by atoms with Crippen molar-refractivity contribution in [2.24, 2.45) is 0 Å². The van der Waals surface area contributed by atoms with Gasteiger partial charge in [-0.2, -0.15) is 0 Å². The Morgan fingerprint density at radius 2 is 1.83 bits per heavy atom. The molecule has 0 bridgehead atoms. The molecule has 0 saturated carbocycles. The van der Waals surface area contributed by atoms with Gasteiger partial charge < -0.3 is 4.74 Å². The lowest BCUT2D eigenvalue weighted by Gasteiger charge is -2.10. The van der Waals surface area contributed by atoms with Crippen molar-refractivity contribution >= 4 is 33.0 Å². The second kappa shape index (κ2) is 6.84. The summed E-state index contributed by atoms with van der Waals surface area (Å²) in [6.45, 7) is 1.46. The summed E-state index contributed by atoms with van der Waals surface area (Å²) in [6.07, 6.45) is 0. The number of anilines is 1. The van der Waals surface area contributed by atoms with Gasteiger partial charge in [-0.1, -0.05) is 11.6 Å². The lowest BCUT2D eigenvalue weighted by atomic mass is 10.2. The van der Waals surface area contributed by atoms with Crippen molar-refractivity contribution in [3.05, 3.63) is 57.6 Å². The molecule has 0 heterocycles. The molecule has 0 atom stereocenters. The minimum absolute atomic E-state index is 0.0602. The number of hydrogen-bond donors (Lipinski definition) is 1. The molecular weight excluding hydrogens is 344 g/mol. The Hall–Kier alpha value is -2.32. The van der Waals surface area contributed by atoms with Crippen LogP contribution in [0.3, 0.4) is 0 Å². The van der Waals surface area contributed by atoms with Gasteiger partial charge in [-0.3, -0.25) is 14.8 Å². The van der Waals surface area contributed by atoms with Crippen molar-refractivity contribution in [1.82, 2.24) is 0 Å². The summed E-state index contributed by atoms with van der Waals surface area (Å²) >= 11 is 5.77. The van der Waals surface area contributed by atoms with Crippen molar-refractivity contribution < 1.29 is 18.1 Å². The van der Waals surface area contributed by atoms with E-state index in [1.54, 1.807) is 24.3 Å². The van der Waals surface area contributed by atoms with Crippen LogP contribution in [0.2, 0.25) is 5.02 Å². The molecule has 0 aliphatic carbocycles. The Bertz CT molecular complexity index is 822. The largest absolute Gasteiger partial charge is 0.457 e. The number of rotatable bonds is 6. The van der Waals surface area contributed by atoms with E-state index in [4.69, 9.17) is 16.3 Å². The van der Waals surface area contributed by atoms with Crippen molar-refractivity contribution in [1.29, 1.82) is 0 Å². The molecule has 0 aromatic heterocycles. The molecule has 2 rings (SSSR count). The van der Waals surface area contributed by atoms with Gasteiger partial charge in [-0.15, -0.1) is 0 Å². The first-order chi connectivity index (χ1) is 10.8. The molecule has 2 aromatic carbocycles. The predicted molar refractivity (Wildman–Crippen MR) is 87.7 cm³/mol. The predicted octanol–water partition coefficient (Wildman–Crippen LogP) is 3.80. The van der Waals surface area contributed by atoms with Gasteiger partial charge in [-0.25, -0.2) is 8.42 Å². The summed E-state index contributed by atoms with van der Waals surface area (Å²) in [6, 6.07) is 10.1. The number of nitrogens with zero attached hydrogens (tertiary/aromatic N) is 1. The van der Waals surface area contributed by atoms with Crippen LogP contribution in [0.1, 0.15) is 6.92 Å². The minimum Gasteiger partial charge on any atom is -0.457 e. The van der Waals surface area contributed by atoms with Gasteiger partial charge in [0.15, 0.2) is 0 Å². The molecule has 1 N–H and O–H groups in total. The highest BCUT2D eigenvalue weighted by Crippen LogP contribution is 2.30. The van der Waals surface area contributed by atoms with Gasteiger partial charge in [0.2, 0.25) is 10.0 Å². The maximum absolute atomic E-state index is 11.6. The van der Waals surface area contributed by atoms with E-state index in [9.17, 15) is 18.5 Å². The first-order valence-electron chi connectivity index (χ1n) is 6.52. The quantitative estimate of drug-likeness (QED) is 0.627. The number of nitrogens with one attached hydrogen (secondary N) is 1. The second-order valence-corrected chi connectivity index (χ2v) is 6.98. The summed E-state index contributed by atoms with van der Waals surface area (Å²) in [4.78, 5) is 10.4. The van der Waals surface area contributed by atoms with Crippen LogP contribution in [-0.4, -0.2) is 19.1 Å². The molecule has 9 heteroatoms. The van der Waals surface area contributed by atoms with Gasteiger partial charge in [0.1, 0.15) is 11.5 Å². The van der Waals surface area contributed by atoms with Crippen LogP contribution in [0.15, 0.2) is 42.5 Å². The topological polar surface area (TPSA) is 98.5 Å². The first kappa shape index (κ1) is 17.0. The zero-order valence-corrected chi connectivity index (χ0v) is 13.6. The van der Waals surface area contributed by atoms with Crippen LogP contribution in [-0.2, 0) is 10.0 Å². The van der Waals surface area contributed by atoms with E-state index < -0.39 is 14.9 Å². The van der Waals surface area contributed by atoms with E-state index in [1.165, 1.54) is 19.1 Å². The molecule has 0 aliphatic rings. The van der Waals surface area contributed by atoms with E-state index >= 15 is 0 Å². The maximum Gasteiger partial charge on any atom is 0.275 e. The van der Waals surface area contributed by atoms with Gasteiger partial charge in [0.05, 0.1) is 22.4 Å². The standard InChI is InChI=1S/C14H13ClN2O5S/c1-2-23(20,21)16-11-7-12(17(18)19)9-14(8-11)22-13-5-3-10(15)4-6-13/h3-9,16H,2H2,1H3. The van der Waals surface area contributed by atoms with Crippen molar-refractivity contribution in [3.8, 4) is 11.5 Å². The van der Waals surface area contributed by atoms with Crippen LogP contribution >= 0.6 is 11.6 Å². The van der Waals surface area contributed by atoms with Gasteiger partial charge in [0, 0.05) is 17.2 Å². The second-order valence-electron chi connectivity index (χ2n) is 4.53. The first-order valence-corrected chi connectivity index (χ1v) is 8.55. The fourth-order valence-electron chi connectivity index (χ4n) is 1.70. The molecule has 0 amide bonds. The normalized spacial score (nSPS) is 11.0. The molecule has 0 fully saturated rings. The third-order valence-corrected chi connectivity index (χ3v) is 4.36. The van der Waals surface area contributed by atoms with Crippen LogP contribution in [0, 0.1) is 10.1 Å². The molecule has 122 valence electrons. The number of ether oxygens (including phenoxy) is 1. The SMILES string of the molecule is CCS(=O)(=O)Nc1cc(Oc2ccc(Cl)cc2)cc([N+](=O)[O-])c1. The molecule has 2 aromatic rings. The maximum atomic E-state index is 11.6. The molecule has 23 heavy (non-hydrogen) atoms. The Labute approximate surface area is 138 Å². The van der Waals surface area contributed by atoms with E-state index in [-0.39, 0.29) is 22.9 Å². The Morgan fingerprint density at radius 1 is 1.17 bits per heavy atom. The smallest absolute Gasteiger partial charge is 0.275 e. The highest BCUT2D eigenvalue weighted by molar-refractivity contribution is 7.92. The number of sulfonamides is 1. The summed E-state index contributed by atoms with van der Waals surface area (Å²) in [5.74, 6) is 0.401. The van der Waals surface area contributed by atoms with E-state index in [0.29, 0.717) is 10.8 Å². The molecule has 0 spiro atoms. The van der Waals surface area contributed by atoms with Crippen LogP contribution in [0.5, 0.6) is 11.5 Å². The zero-order chi connectivity index (χ0) is 17.0. The lowest BCUT2D eigenvalue weighted by Crippen LogP contribution is -2.14. The van der Waals surface area contributed by atoms with E-state index in [1.807, 2.05) is 0 Å².